The number of benzene rings is 2. The maximum atomic E-state index is 17.4. The van der Waals surface area contributed by atoms with E-state index in [1.165, 1.54) is 30.5 Å². The first-order chi connectivity index (χ1) is 27.1. The van der Waals surface area contributed by atoms with Gasteiger partial charge in [0.2, 0.25) is 0 Å². The van der Waals surface area contributed by atoms with Crippen molar-refractivity contribution in [2.45, 2.75) is 120 Å². The largest absolute Gasteiger partial charge is 0.508 e. The summed E-state index contributed by atoms with van der Waals surface area (Å²) in [6, 6.07) is 5.27. The van der Waals surface area contributed by atoms with Crippen molar-refractivity contribution in [2.24, 2.45) is 0 Å². The van der Waals surface area contributed by atoms with Gasteiger partial charge in [-0.3, -0.25) is 9.88 Å². The number of hydrogen-bond acceptors (Lipinski definition) is 8. The predicted octanol–water partition coefficient (Wildman–Crippen LogP) is 9.35. The molecule has 0 amide bonds. The fourth-order valence-electron chi connectivity index (χ4n) is 10.8. The van der Waals surface area contributed by atoms with Gasteiger partial charge in [0.15, 0.2) is 5.82 Å². The lowest BCUT2D eigenvalue weighted by Gasteiger charge is -2.41. The van der Waals surface area contributed by atoms with Crippen LogP contribution in [0.2, 0.25) is 16.6 Å². The van der Waals surface area contributed by atoms with Gasteiger partial charge in [0, 0.05) is 49.2 Å². The number of phenolic OH excluding ortho intramolecular Hbond substituents is 1. The normalized spacial score (nSPS) is 24.6. The number of nitrogens with zero attached hydrogens (tertiary/aromatic N) is 5. The Hall–Kier alpha value is -3.77. The van der Waals surface area contributed by atoms with Crippen LogP contribution >= 0.6 is 12.4 Å². The number of phenols is 1. The molecule has 4 aromatic rings. The van der Waals surface area contributed by atoms with Gasteiger partial charge in [0.05, 0.1) is 22.0 Å². The molecule has 4 saturated heterocycles. The second-order valence-corrected chi connectivity index (χ2v) is 23.3. The van der Waals surface area contributed by atoms with Crippen molar-refractivity contribution in [1.82, 2.24) is 25.2 Å². The monoisotopic (exact) mass is 842 g/mol. The van der Waals surface area contributed by atoms with Gasteiger partial charge in [0.25, 0.3) is 6.43 Å². The first-order valence-corrected chi connectivity index (χ1v) is 22.5. The average molecular weight is 843 g/mol. The first kappa shape index (κ1) is 42.4. The van der Waals surface area contributed by atoms with Crippen LogP contribution in [0.4, 0.5) is 27.8 Å². The molecule has 2 bridgehead atoms. The Balaban J connectivity index is 0.00000512. The van der Waals surface area contributed by atoms with Crippen molar-refractivity contribution < 1.29 is 31.8 Å². The number of fused-ring (bicyclic) bond motifs is 5. The van der Waals surface area contributed by atoms with Crippen LogP contribution in [-0.2, 0) is 0 Å². The van der Waals surface area contributed by atoms with Crippen LogP contribution in [0.1, 0.15) is 79.2 Å². The van der Waals surface area contributed by atoms with E-state index >= 15 is 8.78 Å². The molecule has 312 valence electrons. The van der Waals surface area contributed by atoms with Crippen LogP contribution < -0.4 is 15.0 Å². The van der Waals surface area contributed by atoms with Crippen LogP contribution in [0.5, 0.6) is 11.8 Å². The molecule has 2 aromatic heterocycles. The van der Waals surface area contributed by atoms with Gasteiger partial charge in [-0.2, -0.15) is 9.97 Å². The molecule has 8 nitrogen and oxygen atoms in total. The van der Waals surface area contributed by atoms with Crippen molar-refractivity contribution in [2.75, 3.05) is 37.7 Å². The van der Waals surface area contributed by atoms with Crippen LogP contribution in [0, 0.1) is 23.1 Å². The third kappa shape index (κ3) is 6.97. The van der Waals surface area contributed by atoms with Crippen molar-refractivity contribution in [3.8, 4) is 34.5 Å². The van der Waals surface area contributed by atoms with Gasteiger partial charge in [-0.15, -0.1) is 18.0 Å². The molecular formula is C43H52ClF5N6O2Si. The van der Waals surface area contributed by atoms with E-state index in [4.69, 9.17) is 9.72 Å². The zero-order chi connectivity index (χ0) is 40.6. The summed E-state index contributed by atoms with van der Waals surface area (Å²) in [4.78, 5) is 17.7. The van der Waals surface area contributed by atoms with Gasteiger partial charge in [-0.05, 0) is 72.4 Å². The van der Waals surface area contributed by atoms with E-state index in [1.807, 2.05) is 0 Å². The fourth-order valence-corrected chi connectivity index (χ4v) is 16.0. The summed E-state index contributed by atoms with van der Waals surface area (Å²) in [5.41, 5.74) is 2.27. The Labute approximate surface area is 343 Å². The molecule has 8 rings (SSSR count). The van der Waals surface area contributed by atoms with Gasteiger partial charge in [-0.1, -0.05) is 53.5 Å². The van der Waals surface area contributed by atoms with Crippen molar-refractivity contribution in [1.29, 1.82) is 0 Å². The van der Waals surface area contributed by atoms with E-state index in [9.17, 15) is 18.3 Å². The summed E-state index contributed by atoms with van der Waals surface area (Å²) in [7, 11) is -2.33. The predicted molar refractivity (Wildman–Crippen MR) is 223 cm³/mol. The Morgan fingerprint density at radius 3 is 2.48 bits per heavy atom. The van der Waals surface area contributed by atoms with Crippen molar-refractivity contribution in [3.05, 3.63) is 47.7 Å². The van der Waals surface area contributed by atoms with Gasteiger partial charge in [0.1, 0.15) is 49.4 Å². The number of hydrogen-bond donors (Lipinski definition) is 2. The molecule has 6 heterocycles. The average Bonchev–Trinajstić information content (AvgIpc) is 3.79. The van der Waals surface area contributed by atoms with Gasteiger partial charge < -0.3 is 20.1 Å². The summed E-state index contributed by atoms with van der Waals surface area (Å²) in [5.74, 6) is 1.81. The van der Waals surface area contributed by atoms with Crippen molar-refractivity contribution >= 4 is 48.0 Å². The molecule has 4 aliphatic heterocycles. The highest BCUT2D eigenvalue weighted by Gasteiger charge is 2.52. The second-order valence-electron chi connectivity index (χ2n) is 17.8. The molecule has 0 radical (unpaired) electrons. The number of aromatic hydroxyl groups is 1. The van der Waals surface area contributed by atoms with Gasteiger partial charge in [-0.25, -0.2) is 22.0 Å². The molecule has 0 saturated carbocycles. The molecule has 2 unspecified atom stereocenters. The van der Waals surface area contributed by atoms with Crippen LogP contribution in [0.3, 0.4) is 0 Å². The lowest BCUT2D eigenvalue weighted by Crippen LogP contribution is -2.63. The number of aromatic nitrogens is 3. The Morgan fingerprint density at radius 1 is 1.03 bits per heavy atom. The molecule has 4 aliphatic rings. The maximum absolute atomic E-state index is 17.4. The van der Waals surface area contributed by atoms with Gasteiger partial charge >= 0.3 is 6.01 Å². The molecule has 2 N–H and O–H groups in total. The minimum atomic E-state index is -2.65. The number of ether oxygens (including phenoxy) is 1. The zero-order valence-corrected chi connectivity index (χ0v) is 35.6. The number of halogens is 6. The minimum Gasteiger partial charge on any atom is -0.508 e. The summed E-state index contributed by atoms with van der Waals surface area (Å²) < 4.78 is 83.6. The fraction of sp³-hybridized carbons (Fsp3) is 0.558. The molecule has 15 heteroatoms. The van der Waals surface area contributed by atoms with Crippen molar-refractivity contribution in [3.63, 3.8) is 0 Å². The van der Waals surface area contributed by atoms with Crippen LogP contribution in [-0.4, -0.2) is 95.5 Å². The molecular weight excluding hydrogens is 791 g/mol. The highest BCUT2D eigenvalue weighted by atomic mass is 35.5. The smallest absolute Gasteiger partial charge is 0.319 e. The summed E-state index contributed by atoms with van der Waals surface area (Å²) in [5, 5.41) is 15.0. The zero-order valence-electron chi connectivity index (χ0n) is 33.8. The standard InChI is InChI=1S/C43H51F5N6O2Si.ClH/c1-24(2)57(25(3)4,26(5)6)15-11-31-34(45)9-8-27-16-30(55)17-32(35(27)31)37-36(46)38-33(19-49-37)39(53-21-29-10-13-43(22-53,52-29)40(47)48)51-41(50-38)56-23-42-12-7-14-54(42)20-28(44)18-42;/h8-9,16-17,19,24-26,28-29,40,52,55H,7,10,12-14,18,20-23H2,1-6H3;1H/t28-,29?,42+,43?;/m1./s1. The lowest BCUT2D eigenvalue weighted by molar-refractivity contribution is 0.0367. The van der Waals surface area contributed by atoms with E-state index < -0.39 is 43.4 Å². The highest BCUT2D eigenvalue weighted by Crippen LogP contribution is 2.44. The summed E-state index contributed by atoms with van der Waals surface area (Å²) in [6.45, 7) is 14.4. The number of piperazine rings is 1. The Morgan fingerprint density at radius 2 is 1.78 bits per heavy atom. The van der Waals surface area contributed by atoms with E-state index in [1.54, 1.807) is 4.90 Å². The summed E-state index contributed by atoms with van der Waals surface area (Å²) >= 11 is 0. The highest BCUT2D eigenvalue weighted by molar-refractivity contribution is 6.90. The molecule has 2 aromatic carbocycles. The van der Waals surface area contributed by atoms with E-state index in [0.717, 1.165) is 19.4 Å². The Kier molecular flexibility index (Phi) is 11.4. The molecule has 4 atom stereocenters. The Bertz CT molecular complexity index is 2270. The van der Waals surface area contributed by atoms with Crippen LogP contribution in [0.15, 0.2) is 30.5 Å². The second kappa shape index (κ2) is 15.7. The molecule has 58 heavy (non-hydrogen) atoms. The number of pyridine rings is 1. The number of nitrogens with one attached hydrogen (secondary N) is 1. The van der Waals surface area contributed by atoms with Crippen LogP contribution in [0.25, 0.3) is 32.9 Å². The SMILES string of the molecule is CC(C)[Si](C#Cc1c(F)ccc2cc(O)cc(-c3ncc4c(N5CC6CCC(C(F)F)(C5)N6)nc(OC[C@@]56CCCN5C[C@H](F)C6)nc4c3F)c12)(C(C)C)C(C)C.Cl. The maximum Gasteiger partial charge on any atom is 0.319 e. The topological polar surface area (TPSA) is 86.6 Å². The number of alkyl halides is 3. The lowest BCUT2D eigenvalue weighted by atomic mass is 9.95. The molecule has 0 spiro atoms. The third-order valence-electron chi connectivity index (χ3n) is 13.5. The molecule has 0 aliphatic carbocycles. The van der Waals surface area contributed by atoms with E-state index in [2.05, 4.69) is 73.2 Å². The first-order valence-electron chi connectivity index (χ1n) is 20.2. The third-order valence-corrected chi connectivity index (χ3v) is 19.8. The molecule has 4 fully saturated rings. The number of anilines is 1. The minimum absolute atomic E-state index is 0. The van der Waals surface area contributed by atoms with E-state index in [0.29, 0.717) is 36.7 Å². The number of rotatable bonds is 9. The quantitative estimate of drug-likeness (QED) is 0.0981. The van der Waals surface area contributed by atoms with E-state index in [-0.39, 0.29) is 99.9 Å². The summed E-state index contributed by atoms with van der Waals surface area (Å²) in [6.07, 6.45) is 0.510.